The SMILES string of the molecule is CCCc1nc(N(C)CC2CCC2)sc1CNC(C)(C)C. The van der Waals surface area contributed by atoms with Crippen LogP contribution in [-0.4, -0.2) is 24.1 Å². The number of aromatic nitrogens is 1. The first kappa shape index (κ1) is 16.8. The maximum absolute atomic E-state index is 4.92. The van der Waals surface area contributed by atoms with E-state index in [-0.39, 0.29) is 5.54 Å². The van der Waals surface area contributed by atoms with Crippen molar-refractivity contribution in [2.45, 2.75) is 71.9 Å². The first-order chi connectivity index (χ1) is 9.89. The summed E-state index contributed by atoms with van der Waals surface area (Å²) in [7, 11) is 2.20. The third-order valence-electron chi connectivity index (χ3n) is 4.12. The Hall–Kier alpha value is -0.610. The predicted octanol–water partition coefficient (Wildman–Crippen LogP) is 4.22. The van der Waals surface area contributed by atoms with Gasteiger partial charge in [-0.05, 0) is 46.0 Å². The van der Waals surface area contributed by atoms with Crippen molar-refractivity contribution in [3.63, 3.8) is 0 Å². The fourth-order valence-corrected chi connectivity index (χ4v) is 3.61. The van der Waals surface area contributed by atoms with Gasteiger partial charge in [-0.15, -0.1) is 11.3 Å². The highest BCUT2D eigenvalue weighted by atomic mass is 32.1. The summed E-state index contributed by atoms with van der Waals surface area (Å²) in [6.07, 6.45) is 6.47. The number of rotatable bonds is 7. The van der Waals surface area contributed by atoms with E-state index in [9.17, 15) is 0 Å². The molecule has 4 heteroatoms. The van der Waals surface area contributed by atoms with Gasteiger partial charge in [-0.2, -0.15) is 0 Å². The molecule has 0 atom stereocenters. The van der Waals surface area contributed by atoms with Gasteiger partial charge in [0.2, 0.25) is 0 Å². The van der Waals surface area contributed by atoms with Crippen LogP contribution < -0.4 is 10.2 Å². The summed E-state index contributed by atoms with van der Waals surface area (Å²) < 4.78 is 0. The Bertz CT molecular complexity index is 443. The molecule has 0 saturated heterocycles. The largest absolute Gasteiger partial charge is 0.351 e. The van der Waals surface area contributed by atoms with Crippen LogP contribution in [0, 0.1) is 5.92 Å². The zero-order valence-corrected chi connectivity index (χ0v) is 15.1. The summed E-state index contributed by atoms with van der Waals surface area (Å²) in [4.78, 5) is 8.70. The Balaban J connectivity index is 2.03. The number of nitrogens with zero attached hydrogens (tertiary/aromatic N) is 2. The minimum Gasteiger partial charge on any atom is -0.351 e. The number of anilines is 1. The molecule has 0 radical (unpaired) electrons. The molecule has 0 aliphatic heterocycles. The molecule has 120 valence electrons. The predicted molar refractivity (Wildman–Crippen MR) is 93.3 cm³/mol. The first-order valence-corrected chi connectivity index (χ1v) is 9.15. The van der Waals surface area contributed by atoms with Gasteiger partial charge < -0.3 is 10.2 Å². The van der Waals surface area contributed by atoms with Crippen molar-refractivity contribution in [2.75, 3.05) is 18.5 Å². The third kappa shape index (κ3) is 4.96. The highest BCUT2D eigenvalue weighted by Gasteiger charge is 2.22. The van der Waals surface area contributed by atoms with E-state index in [2.05, 4.69) is 45.0 Å². The number of nitrogens with one attached hydrogen (secondary N) is 1. The van der Waals surface area contributed by atoms with E-state index in [1.165, 1.54) is 41.5 Å². The highest BCUT2D eigenvalue weighted by molar-refractivity contribution is 7.15. The highest BCUT2D eigenvalue weighted by Crippen LogP contribution is 2.31. The molecule has 1 N–H and O–H groups in total. The van der Waals surface area contributed by atoms with Crippen molar-refractivity contribution < 1.29 is 0 Å². The summed E-state index contributed by atoms with van der Waals surface area (Å²) in [6.45, 7) is 11.0. The minimum absolute atomic E-state index is 0.158. The van der Waals surface area contributed by atoms with Crippen molar-refractivity contribution in [2.24, 2.45) is 5.92 Å². The molecule has 0 aromatic carbocycles. The maximum Gasteiger partial charge on any atom is 0.185 e. The minimum atomic E-state index is 0.158. The van der Waals surface area contributed by atoms with Crippen molar-refractivity contribution in [3.05, 3.63) is 10.6 Å². The zero-order chi connectivity index (χ0) is 15.5. The van der Waals surface area contributed by atoms with Crippen LogP contribution >= 0.6 is 11.3 Å². The van der Waals surface area contributed by atoms with E-state index >= 15 is 0 Å². The van der Waals surface area contributed by atoms with Crippen molar-refractivity contribution >= 4 is 16.5 Å². The van der Waals surface area contributed by atoms with E-state index < -0.39 is 0 Å². The fourth-order valence-electron chi connectivity index (χ4n) is 2.59. The lowest BCUT2D eigenvalue weighted by molar-refractivity contribution is 0.321. The summed E-state index contributed by atoms with van der Waals surface area (Å²) in [5.74, 6) is 0.893. The first-order valence-electron chi connectivity index (χ1n) is 8.34. The van der Waals surface area contributed by atoms with Crippen LogP contribution in [0.3, 0.4) is 0 Å². The molecule has 21 heavy (non-hydrogen) atoms. The molecule has 1 aromatic heterocycles. The molecule has 1 aromatic rings. The number of thiazole rings is 1. The second-order valence-electron chi connectivity index (χ2n) is 7.40. The number of aryl methyl sites for hydroxylation is 1. The van der Waals surface area contributed by atoms with Crippen LogP contribution in [0.2, 0.25) is 0 Å². The molecule has 0 unspecified atom stereocenters. The fraction of sp³-hybridized carbons (Fsp3) is 0.824. The van der Waals surface area contributed by atoms with Crippen LogP contribution in [0.4, 0.5) is 5.13 Å². The lowest BCUT2D eigenvalue weighted by Crippen LogP contribution is -2.35. The topological polar surface area (TPSA) is 28.2 Å². The lowest BCUT2D eigenvalue weighted by atomic mass is 9.85. The average molecular weight is 310 g/mol. The summed E-state index contributed by atoms with van der Waals surface area (Å²) >= 11 is 1.88. The molecule has 1 fully saturated rings. The standard InChI is InChI=1S/C17H31N3S/c1-6-8-14-15(11-18-17(2,3)4)21-16(19-14)20(5)12-13-9-7-10-13/h13,18H,6-12H2,1-5H3. The molecule has 0 spiro atoms. The molecule has 2 rings (SSSR count). The van der Waals surface area contributed by atoms with Crippen LogP contribution in [0.25, 0.3) is 0 Å². The van der Waals surface area contributed by atoms with Crippen LogP contribution in [0.15, 0.2) is 0 Å². The quantitative estimate of drug-likeness (QED) is 0.817. The molecule has 1 heterocycles. The van der Waals surface area contributed by atoms with E-state index in [0.717, 1.165) is 25.3 Å². The van der Waals surface area contributed by atoms with Gasteiger partial charge in [-0.3, -0.25) is 0 Å². The molecule has 1 aliphatic carbocycles. The van der Waals surface area contributed by atoms with Gasteiger partial charge in [0.15, 0.2) is 5.13 Å². The molecule has 0 amide bonds. The van der Waals surface area contributed by atoms with Crippen LogP contribution in [0.1, 0.15) is 63.9 Å². The summed E-state index contributed by atoms with van der Waals surface area (Å²) in [6, 6.07) is 0. The number of hydrogen-bond acceptors (Lipinski definition) is 4. The van der Waals surface area contributed by atoms with Crippen LogP contribution in [0.5, 0.6) is 0 Å². The Morgan fingerprint density at radius 1 is 1.33 bits per heavy atom. The smallest absolute Gasteiger partial charge is 0.185 e. The van der Waals surface area contributed by atoms with Crippen LogP contribution in [-0.2, 0) is 13.0 Å². The van der Waals surface area contributed by atoms with Gasteiger partial charge in [-0.25, -0.2) is 4.98 Å². The molecule has 3 nitrogen and oxygen atoms in total. The molecule has 0 bridgehead atoms. The summed E-state index contributed by atoms with van der Waals surface area (Å²) in [5.41, 5.74) is 1.46. The van der Waals surface area contributed by atoms with Crippen molar-refractivity contribution in [3.8, 4) is 0 Å². The third-order valence-corrected chi connectivity index (χ3v) is 5.33. The van der Waals surface area contributed by atoms with Gasteiger partial charge >= 0.3 is 0 Å². The van der Waals surface area contributed by atoms with Gasteiger partial charge in [0.25, 0.3) is 0 Å². The Labute approximate surface area is 134 Å². The monoisotopic (exact) mass is 309 g/mol. The van der Waals surface area contributed by atoms with Crippen molar-refractivity contribution in [1.29, 1.82) is 0 Å². The summed E-state index contributed by atoms with van der Waals surface area (Å²) in [5, 5.41) is 4.81. The number of hydrogen-bond donors (Lipinski definition) is 1. The molecule has 1 aliphatic rings. The average Bonchev–Trinajstić information content (AvgIpc) is 2.74. The van der Waals surface area contributed by atoms with Gasteiger partial charge in [0.05, 0.1) is 5.69 Å². The zero-order valence-electron chi connectivity index (χ0n) is 14.3. The normalized spacial score (nSPS) is 16.0. The second kappa shape index (κ2) is 7.10. The van der Waals surface area contributed by atoms with Gasteiger partial charge in [0, 0.05) is 30.6 Å². The Morgan fingerprint density at radius 3 is 2.57 bits per heavy atom. The maximum atomic E-state index is 4.92. The molecule has 1 saturated carbocycles. The van der Waals surface area contributed by atoms with E-state index in [1.54, 1.807) is 0 Å². The second-order valence-corrected chi connectivity index (χ2v) is 8.46. The van der Waals surface area contributed by atoms with Gasteiger partial charge in [-0.1, -0.05) is 19.8 Å². The van der Waals surface area contributed by atoms with E-state index in [0.29, 0.717) is 0 Å². The Morgan fingerprint density at radius 2 is 2.05 bits per heavy atom. The van der Waals surface area contributed by atoms with Crippen molar-refractivity contribution in [1.82, 2.24) is 10.3 Å². The van der Waals surface area contributed by atoms with Gasteiger partial charge in [0.1, 0.15) is 0 Å². The molecular formula is C17H31N3S. The van der Waals surface area contributed by atoms with E-state index in [1.807, 2.05) is 11.3 Å². The molecular weight excluding hydrogens is 278 g/mol. The Kier molecular flexibility index (Phi) is 5.67. The van der Waals surface area contributed by atoms with E-state index in [4.69, 9.17) is 4.98 Å². The lowest BCUT2D eigenvalue weighted by Gasteiger charge is -2.29.